The molecule has 0 aromatic heterocycles. The van der Waals surface area contributed by atoms with Crippen LogP contribution < -0.4 is 4.90 Å². The summed E-state index contributed by atoms with van der Waals surface area (Å²) in [7, 11) is 2.35. The Balaban J connectivity index is 0.000000404. The van der Waals surface area contributed by atoms with Crippen LogP contribution in [0.15, 0.2) is 30.3 Å². The summed E-state index contributed by atoms with van der Waals surface area (Å²) in [6.07, 6.45) is -4.83. The van der Waals surface area contributed by atoms with Crippen LogP contribution in [0.1, 0.15) is 32.6 Å². The van der Waals surface area contributed by atoms with Crippen molar-refractivity contribution < 1.29 is 46.1 Å². The predicted octanol–water partition coefficient (Wildman–Crippen LogP) is 4.59. The summed E-state index contributed by atoms with van der Waals surface area (Å²) >= 11 is 0. The second-order valence-corrected chi connectivity index (χ2v) is 9.05. The monoisotopic (exact) mass is 543 g/mol. The molecule has 7 nitrogen and oxygen atoms in total. The number of alkyl halides is 6. The van der Waals surface area contributed by atoms with Crippen molar-refractivity contribution in [3.63, 3.8) is 0 Å². The second kappa shape index (κ2) is 15.0. The number of nitrogens with zero attached hydrogens (tertiary/aromatic N) is 3. The second-order valence-electron chi connectivity index (χ2n) is 9.05. The molecule has 212 valence electrons. The van der Waals surface area contributed by atoms with E-state index in [1.807, 2.05) is 0 Å². The third-order valence-electron chi connectivity index (χ3n) is 6.16. The van der Waals surface area contributed by atoms with E-state index < -0.39 is 24.3 Å². The van der Waals surface area contributed by atoms with Crippen LogP contribution >= 0.6 is 0 Å². The van der Waals surface area contributed by atoms with Gasteiger partial charge in [-0.25, -0.2) is 9.59 Å². The Morgan fingerprint density at radius 1 is 0.919 bits per heavy atom. The van der Waals surface area contributed by atoms with Gasteiger partial charge in [-0.3, -0.25) is 0 Å². The molecule has 2 fully saturated rings. The standard InChI is InChI=1S/C20H33N3.2C2HF3O2/c1-3-12-22-13-10-19(11-14-22)21(2)16-18-9-15-23(17-18)20-7-5-4-6-8-20;2*3-2(4,5)1(6)7/h4-8,18-19H,3,9-17H2,1-2H3;2*(H,6,7). The molecular weight excluding hydrogens is 508 g/mol. The zero-order valence-electron chi connectivity index (χ0n) is 20.9. The van der Waals surface area contributed by atoms with E-state index in [0.29, 0.717) is 0 Å². The van der Waals surface area contributed by atoms with E-state index in [1.54, 1.807) is 0 Å². The fraction of sp³-hybridized carbons (Fsp3) is 0.667. The molecule has 2 aliphatic heterocycles. The quantitative estimate of drug-likeness (QED) is 0.508. The Kier molecular flexibility index (Phi) is 13.2. The van der Waals surface area contributed by atoms with E-state index >= 15 is 0 Å². The molecule has 1 aromatic rings. The van der Waals surface area contributed by atoms with Gasteiger partial charge in [-0.15, -0.1) is 0 Å². The summed E-state index contributed by atoms with van der Waals surface area (Å²) in [5.74, 6) is -4.69. The van der Waals surface area contributed by atoms with E-state index in [2.05, 4.69) is 59.0 Å². The first kappa shape index (κ1) is 32.5. The fourth-order valence-corrected chi connectivity index (χ4v) is 4.31. The largest absolute Gasteiger partial charge is 0.490 e. The Bertz CT molecular complexity index is 791. The number of carboxylic acids is 2. The van der Waals surface area contributed by atoms with Gasteiger partial charge in [0.15, 0.2) is 0 Å². The summed E-state index contributed by atoms with van der Waals surface area (Å²) < 4.78 is 63.5. The van der Waals surface area contributed by atoms with Gasteiger partial charge in [-0.2, -0.15) is 26.3 Å². The minimum Gasteiger partial charge on any atom is -0.475 e. The van der Waals surface area contributed by atoms with Crippen molar-refractivity contribution in [3.8, 4) is 0 Å². The Hall–Kier alpha value is -2.54. The molecule has 37 heavy (non-hydrogen) atoms. The van der Waals surface area contributed by atoms with Crippen LogP contribution in [-0.2, 0) is 9.59 Å². The van der Waals surface area contributed by atoms with Crippen molar-refractivity contribution in [3.05, 3.63) is 30.3 Å². The van der Waals surface area contributed by atoms with Crippen LogP contribution in [0.25, 0.3) is 0 Å². The molecule has 2 saturated heterocycles. The van der Waals surface area contributed by atoms with Gasteiger partial charge < -0.3 is 24.9 Å². The van der Waals surface area contributed by atoms with Crippen molar-refractivity contribution in [2.75, 3.05) is 51.2 Å². The molecule has 0 spiro atoms. The molecule has 0 aliphatic carbocycles. The van der Waals surface area contributed by atoms with Crippen LogP contribution in [0.5, 0.6) is 0 Å². The van der Waals surface area contributed by atoms with Gasteiger partial charge in [0, 0.05) is 31.4 Å². The summed E-state index contributed by atoms with van der Waals surface area (Å²) in [4.78, 5) is 25.6. The number of piperidine rings is 1. The Labute approximate surface area is 212 Å². The zero-order valence-corrected chi connectivity index (χ0v) is 20.9. The van der Waals surface area contributed by atoms with Crippen molar-refractivity contribution in [2.45, 2.75) is 51.0 Å². The predicted molar refractivity (Wildman–Crippen MR) is 127 cm³/mol. The van der Waals surface area contributed by atoms with Gasteiger partial charge in [-0.1, -0.05) is 25.1 Å². The molecule has 2 heterocycles. The lowest BCUT2D eigenvalue weighted by Crippen LogP contribution is -2.45. The van der Waals surface area contributed by atoms with E-state index in [-0.39, 0.29) is 0 Å². The lowest BCUT2D eigenvalue weighted by Gasteiger charge is -2.37. The first-order valence-electron chi connectivity index (χ1n) is 12.0. The number of halogens is 6. The Morgan fingerprint density at radius 2 is 1.41 bits per heavy atom. The lowest BCUT2D eigenvalue weighted by molar-refractivity contribution is -0.193. The molecule has 2 aliphatic rings. The smallest absolute Gasteiger partial charge is 0.475 e. The average Bonchev–Trinajstić information content (AvgIpc) is 3.28. The number of rotatable bonds is 6. The molecule has 1 unspecified atom stereocenters. The minimum absolute atomic E-state index is 0.800. The molecule has 13 heteroatoms. The van der Waals surface area contributed by atoms with Crippen LogP contribution in [0.3, 0.4) is 0 Å². The normalized spacial score (nSPS) is 19.1. The van der Waals surface area contributed by atoms with Crippen LogP contribution in [0.2, 0.25) is 0 Å². The molecule has 0 saturated carbocycles. The van der Waals surface area contributed by atoms with Gasteiger partial charge in [0.2, 0.25) is 0 Å². The summed E-state index contributed by atoms with van der Waals surface area (Å²) in [5.41, 5.74) is 1.39. The third-order valence-corrected chi connectivity index (χ3v) is 6.16. The van der Waals surface area contributed by atoms with Gasteiger partial charge in [0.05, 0.1) is 0 Å². The van der Waals surface area contributed by atoms with Gasteiger partial charge in [0.1, 0.15) is 0 Å². The number of carbonyl (C=O) groups is 2. The van der Waals surface area contributed by atoms with Crippen molar-refractivity contribution in [1.29, 1.82) is 0 Å². The molecule has 1 atom stereocenters. The molecule has 0 amide bonds. The van der Waals surface area contributed by atoms with E-state index in [0.717, 1.165) is 12.0 Å². The molecular formula is C24H35F6N3O4. The Morgan fingerprint density at radius 3 is 1.84 bits per heavy atom. The third kappa shape index (κ3) is 12.5. The van der Waals surface area contributed by atoms with Crippen molar-refractivity contribution in [1.82, 2.24) is 9.80 Å². The molecule has 0 radical (unpaired) electrons. The summed E-state index contributed by atoms with van der Waals surface area (Å²) in [6.45, 7) is 9.87. The minimum atomic E-state index is -5.08. The van der Waals surface area contributed by atoms with Crippen LogP contribution in [0.4, 0.5) is 32.0 Å². The maximum atomic E-state index is 10.6. The molecule has 3 rings (SSSR count). The highest BCUT2D eigenvalue weighted by atomic mass is 19.4. The number of aliphatic carboxylic acids is 2. The van der Waals surface area contributed by atoms with Crippen molar-refractivity contribution in [2.24, 2.45) is 5.92 Å². The SMILES string of the molecule is CCCN1CCC(N(C)CC2CCN(c3ccccc3)C2)CC1.O=C(O)C(F)(F)F.O=C(O)C(F)(F)F. The number of likely N-dealkylation sites (tertiary alicyclic amines) is 1. The van der Waals surface area contributed by atoms with Crippen molar-refractivity contribution >= 4 is 17.6 Å². The van der Waals surface area contributed by atoms with E-state index in [4.69, 9.17) is 19.8 Å². The van der Waals surface area contributed by atoms with E-state index in [1.165, 1.54) is 70.6 Å². The summed E-state index contributed by atoms with van der Waals surface area (Å²) in [6, 6.07) is 11.7. The first-order valence-corrected chi connectivity index (χ1v) is 12.0. The van der Waals surface area contributed by atoms with E-state index in [9.17, 15) is 26.3 Å². The summed E-state index contributed by atoms with van der Waals surface area (Å²) in [5, 5.41) is 14.2. The van der Waals surface area contributed by atoms with Gasteiger partial charge in [-0.05, 0) is 70.4 Å². The number of hydrogen-bond acceptors (Lipinski definition) is 5. The van der Waals surface area contributed by atoms with Gasteiger partial charge in [0.25, 0.3) is 0 Å². The van der Waals surface area contributed by atoms with Gasteiger partial charge >= 0.3 is 24.3 Å². The highest BCUT2D eigenvalue weighted by molar-refractivity contribution is 5.73. The lowest BCUT2D eigenvalue weighted by atomic mass is 10.0. The van der Waals surface area contributed by atoms with Crippen LogP contribution in [-0.4, -0.2) is 96.7 Å². The highest BCUT2D eigenvalue weighted by Gasteiger charge is 2.39. The zero-order chi connectivity index (χ0) is 28.2. The number of hydrogen-bond donors (Lipinski definition) is 2. The average molecular weight is 544 g/mol. The first-order chi connectivity index (χ1) is 17.1. The fourth-order valence-electron chi connectivity index (χ4n) is 4.31. The number of anilines is 1. The number of benzene rings is 1. The van der Waals surface area contributed by atoms with Crippen LogP contribution in [0, 0.1) is 5.92 Å². The number of carboxylic acid groups (broad SMARTS) is 2. The maximum absolute atomic E-state index is 10.6. The highest BCUT2D eigenvalue weighted by Crippen LogP contribution is 2.25. The molecule has 0 bridgehead atoms. The molecule has 1 aromatic carbocycles. The molecule has 2 N–H and O–H groups in total. The maximum Gasteiger partial charge on any atom is 0.490 e. The topological polar surface area (TPSA) is 84.3 Å². The number of para-hydroxylation sites is 1.